The van der Waals surface area contributed by atoms with Crippen LogP contribution < -0.4 is 11.1 Å². The molecule has 0 saturated heterocycles. The van der Waals surface area contributed by atoms with Crippen molar-refractivity contribution in [2.24, 2.45) is 11.1 Å². The van der Waals surface area contributed by atoms with Crippen molar-refractivity contribution in [1.82, 2.24) is 14.6 Å². The van der Waals surface area contributed by atoms with Crippen molar-refractivity contribution < 1.29 is 0 Å². The minimum atomic E-state index is 0.308. The van der Waals surface area contributed by atoms with Crippen molar-refractivity contribution in [2.75, 3.05) is 11.9 Å². The molecule has 24 heavy (non-hydrogen) atoms. The van der Waals surface area contributed by atoms with E-state index in [0.717, 1.165) is 41.3 Å². The van der Waals surface area contributed by atoms with Crippen LogP contribution in [0.2, 0.25) is 0 Å². The Morgan fingerprint density at radius 3 is 2.50 bits per heavy atom. The van der Waals surface area contributed by atoms with Gasteiger partial charge in [-0.1, -0.05) is 45.0 Å². The standard InChI is InChI=1S/C19H25N5/c1-19(2,3)10-11-21-17-8-9-18-22-13-16(24(18)23-17)15-6-4-14(12-20)5-7-15/h4-9,13H,10-12,20H2,1-3H3,(H,21,23). The first-order valence-corrected chi connectivity index (χ1v) is 8.34. The molecule has 2 aromatic heterocycles. The summed E-state index contributed by atoms with van der Waals surface area (Å²) in [5.41, 5.74) is 10.00. The van der Waals surface area contributed by atoms with Gasteiger partial charge in [0.25, 0.3) is 0 Å². The molecule has 0 fully saturated rings. The van der Waals surface area contributed by atoms with Gasteiger partial charge in [-0.3, -0.25) is 0 Å². The number of nitrogens with zero attached hydrogens (tertiary/aromatic N) is 3. The van der Waals surface area contributed by atoms with Crippen LogP contribution >= 0.6 is 0 Å². The van der Waals surface area contributed by atoms with Gasteiger partial charge in [-0.25, -0.2) is 9.50 Å². The molecule has 0 aliphatic rings. The molecule has 0 unspecified atom stereocenters. The summed E-state index contributed by atoms with van der Waals surface area (Å²) in [5.74, 6) is 0.865. The molecule has 2 heterocycles. The normalized spacial score (nSPS) is 11.8. The van der Waals surface area contributed by atoms with Gasteiger partial charge in [-0.15, -0.1) is 5.10 Å². The number of rotatable bonds is 5. The van der Waals surface area contributed by atoms with Gasteiger partial charge >= 0.3 is 0 Å². The molecule has 1 aromatic carbocycles. The van der Waals surface area contributed by atoms with Crippen LogP contribution in [0.5, 0.6) is 0 Å². The zero-order valence-electron chi connectivity index (χ0n) is 14.6. The zero-order chi connectivity index (χ0) is 17.2. The van der Waals surface area contributed by atoms with Crippen LogP contribution in [0.15, 0.2) is 42.6 Å². The Morgan fingerprint density at radius 2 is 1.83 bits per heavy atom. The molecular formula is C19H25N5. The van der Waals surface area contributed by atoms with E-state index >= 15 is 0 Å². The maximum absolute atomic E-state index is 5.67. The van der Waals surface area contributed by atoms with E-state index in [1.807, 2.05) is 35.0 Å². The summed E-state index contributed by atoms with van der Waals surface area (Å²) in [5, 5.41) is 8.10. The number of fused-ring (bicyclic) bond motifs is 1. The molecule has 0 aliphatic carbocycles. The fourth-order valence-corrected chi connectivity index (χ4v) is 2.54. The summed E-state index contributed by atoms with van der Waals surface area (Å²) in [6, 6.07) is 12.2. The third-order valence-electron chi connectivity index (χ3n) is 4.03. The number of nitrogens with two attached hydrogens (primary N) is 1. The molecule has 0 radical (unpaired) electrons. The lowest BCUT2D eigenvalue weighted by molar-refractivity contribution is 0.389. The van der Waals surface area contributed by atoms with Gasteiger partial charge in [-0.2, -0.15) is 0 Å². The molecular weight excluding hydrogens is 298 g/mol. The topological polar surface area (TPSA) is 68.2 Å². The van der Waals surface area contributed by atoms with Crippen molar-refractivity contribution in [3.8, 4) is 11.3 Å². The van der Waals surface area contributed by atoms with E-state index < -0.39 is 0 Å². The summed E-state index contributed by atoms with van der Waals surface area (Å²) in [7, 11) is 0. The number of imidazole rings is 1. The highest BCUT2D eigenvalue weighted by Crippen LogP contribution is 2.22. The van der Waals surface area contributed by atoms with Crippen molar-refractivity contribution in [2.45, 2.75) is 33.7 Å². The summed E-state index contributed by atoms with van der Waals surface area (Å²) in [6.07, 6.45) is 2.95. The molecule has 0 atom stereocenters. The second kappa shape index (κ2) is 6.61. The minimum absolute atomic E-state index is 0.308. The van der Waals surface area contributed by atoms with E-state index in [9.17, 15) is 0 Å². The largest absolute Gasteiger partial charge is 0.369 e. The molecule has 0 saturated carbocycles. The van der Waals surface area contributed by atoms with Crippen LogP contribution in [-0.4, -0.2) is 21.1 Å². The molecule has 3 N–H and O–H groups in total. The van der Waals surface area contributed by atoms with E-state index in [1.54, 1.807) is 0 Å². The van der Waals surface area contributed by atoms with Gasteiger partial charge in [0.05, 0.1) is 11.9 Å². The molecule has 0 spiro atoms. The lowest BCUT2D eigenvalue weighted by atomic mass is 9.92. The predicted octanol–water partition coefficient (Wildman–Crippen LogP) is 3.70. The molecule has 5 heteroatoms. The average molecular weight is 323 g/mol. The molecule has 3 rings (SSSR count). The van der Waals surface area contributed by atoms with Gasteiger partial charge in [0.1, 0.15) is 5.82 Å². The van der Waals surface area contributed by atoms with Crippen molar-refractivity contribution >= 4 is 11.5 Å². The first-order valence-electron chi connectivity index (χ1n) is 8.34. The fourth-order valence-electron chi connectivity index (χ4n) is 2.54. The highest BCUT2D eigenvalue weighted by atomic mass is 15.3. The van der Waals surface area contributed by atoms with Gasteiger partial charge in [0.15, 0.2) is 5.65 Å². The quantitative estimate of drug-likeness (QED) is 0.751. The number of anilines is 1. The van der Waals surface area contributed by atoms with Gasteiger partial charge in [0.2, 0.25) is 0 Å². The summed E-state index contributed by atoms with van der Waals surface area (Å²) in [6.45, 7) is 8.17. The van der Waals surface area contributed by atoms with Crippen molar-refractivity contribution in [1.29, 1.82) is 0 Å². The highest BCUT2D eigenvalue weighted by Gasteiger charge is 2.11. The summed E-state index contributed by atoms with van der Waals surface area (Å²) in [4.78, 5) is 4.45. The maximum atomic E-state index is 5.67. The number of benzene rings is 1. The van der Waals surface area contributed by atoms with Crippen LogP contribution in [0.25, 0.3) is 16.9 Å². The monoisotopic (exact) mass is 323 g/mol. The van der Waals surface area contributed by atoms with E-state index in [1.165, 1.54) is 0 Å². The van der Waals surface area contributed by atoms with Crippen LogP contribution in [0, 0.1) is 5.41 Å². The Balaban J connectivity index is 1.85. The molecule has 126 valence electrons. The third-order valence-corrected chi connectivity index (χ3v) is 4.03. The number of hydrogen-bond acceptors (Lipinski definition) is 4. The number of nitrogens with one attached hydrogen (secondary N) is 1. The van der Waals surface area contributed by atoms with Crippen molar-refractivity contribution in [3.63, 3.8) is 0 Å². The van der Waals surface area contributed by atoms with Crippen LogP contribution in [-0.2, 0) is 6.54 Å². The number of hydrogen-bond donors (Lipinski definition) is 2. The SMILES string of the molecule is CC(C)(C)CCNc1ccc2ncc(-c3ccc(CN)cc3)n2n1. The van der Waals surface area contributed by atoms with Crippen molar-refractivity contribution in [3.05, 3.63) is 48.2 Å². The zero-order valence-corrected chi connectivity index (χ0v) is 14.6. The minimum Gasteiger partial charge on any atom is -0.369 e. The van der Waals surface area contributed by atoms with E-state index in [0.29, 0.717) is 12.0 Å². The molecule has 0 aliphatic heterocycles. The lowest BCUT2D eigenvalue weighted by Crippen LogP contribution is -2.14. The Kier molecular flexibility index (Phi) is 4.53. The molecule has 0 bridgehead atoms. The fraction of sp³-hybridized carbons (Fsp3) is 0.368. The Morgan fingerprint density at radius 1 is 1.08 bits per heavy atom. The van der Waals surface area contributed by atoms with Gasteiger partial charge in [0, 0.05) is 18.7 Å². The lowest BCUT2D eigenvalue weighted by Gasteiger charge is -2.18. The van der Waals surface area contributed by atoms with Gasteiger partial charge in [-0.05, 0) is 29.5 Å². The van der Waals surface area contributed by atoms with Gasteiger partial charge < -0.3 is 11.1 Å². The maximum Gasteiger partial charge on any atom is 0.154 e. The summed E-state index contributed by atoms with van der Waals surface area (Å²) < 4.78 is 1.89. The van der Waals surface area contributed by atoms with E-state index in [-0.39, 0.29) is 0 Å². The predicted molar refractivity (Wildman–Crippen MR) is 98.9 cm³/mol. The average Bonchev–Trinajstić information content (AvgIpc) is 2.97. The van der Waals surface area contributed by atoms with Crippen LogP contribution in [0.1, 0.15) is 32.8 Å². The Hall–Kier alpha value is -2.40. The molecule has 5 nitrogen and oxygen atoms in total. The molecule has 0 amide bonds. The molecule has 3 aromatic rings. The summed E-state index contributed by atoms with van der Waals surface area (Å²) >= 11 is 0. The van der Waals surface area contributed by atoms with Crippen LogP contribution in [0.4, 0.5) is 5.82 Å². The smallest absolute Gasteiger partial charge is 0.154 e. The van der Waals surface area contributed by atoms with E-state index in [2.05, 4.69) is 43.2 Å². The highest BCUT2D eigenvalue weighted by molar-refractivity contribution is 5.63. The second-order valence-electron chi connectivity index (χ2n) is 7.27. The van der Waals surface area contributed by atoms with E-state index in [4.69, 9.17) is 10.8 Å². The van der Waals surface area contributed by atoms with Crippen LogP contribution in [0.3, 0.4) is 0 Å². The Bertz CT molecular complexity index is 812. The number of aromatic nitrogens is 3. The third kappa shape index (κ3) is 3.74. The first-order chi connectivity index (χ1) is 11.5. The first kappa shape index (κ1) is 16.5. The Labute approximate surface area is 142 Å². The second-order valence-corrected chi connectivity index (χ2v) is 7.27.